The van der Waals surface area contributed by atoms with Gasteiger partial charge in [-0.1, -0.05) is 35.0 Å². The van der Waals surface area contributed by atoms with Gasteiger partial charge in [0.25, 0.3) is 10.0 Å². The van der Waals surface area contributed by atoms with Crippen LogP contribution in [0.4, 0.5) is 0 Å². The lowest BCUT2D eigenvalue weighted by atomic mass is 9.99. The number of rotatable bonds is 6. The fourth-order valence-corrected chi connectivity index (χ4v) is 6.12. The van der Waals surface area contributed by atoms with Crippen molar-refractivity contribution in [1.82, 2.24) is 19.8 Å². The number of carbonyl (C=O) groups excluding carboxylic acids is 1. The highest BCUT2D eigenvalue weighted by Crippen LogP contribution is 2.26. The minimum absolute atomic E-state index is 0.103. The Labute approximate surface area is 179 Å². The molecule has 0 aliphatic carbocycles. The molecule has 1 N–H and O–H groups in total. The highest BCUT2D eigenvalue weighted by molar-refractivity contribution is 7.91. The predicted octanol–water partition coefficient (Wildman–Crippen LogP) is 2.82. The van der Waals surface area contributed by atoms with Gasteiger partial charge in [-0.05, 0) is 37.3 Å². The Morgan fingerprint density at radius 2 is 2.20 bits per heavy atom. The summed E-state index contributed by atoms with van der Waals surface area (Å²) < 4.78 is 32.4. The van der Waals surface area contributed by atoms with Crippen molar-refractivity contribution >= 4 is 27.3 Å². The molecule has 158 valence electrons. The van der Waals surface area contributed by atoms with E-state index in [0.29, 0.717) is 35.3 Å². The topological polar surface area (TPSA) is 105 Å². The van der Waals surface area contributed by atoms with Crippen molar-refractivity contribution in [3.05, 3.63) is 53.2 Å². The van der Waals surface area contributed by atoms with Crippen molar-refractivity contribution in [2.45, 2.75) is 30.5 Å². The van der Waals surface area contributed by atoms with Crippen molar-refractivity contribution in [2.75, 3.05) is 13.1 Å². The first kappa shape index (κ1) is 20.7. The fourth-order valence-electron chi connectivity index (χ4n) is 3.45. The Bertz CT molecular complexity index is 1130. The molecule has 0 spiro atoms. The molecule has 1 aliphatic rings. The van der Waals surface area contributed by atoms with Crippen LogP contribution in [0.5, 0.6) is 0 Å². The van der Waals surface area contributed by atoms with Gasteiger partial charge in [0.15, 0.2) is 0 Å². The van der Waals surface area contributed by atoms with E-state index in [1.54, 1.807) is 17.5 Å². The van der Waals surface area contributed by atoms with Gasteiger partial charge in [0.2, 0.25) is 17.6 Å². The van der Waals surface area contributed by atoms with Gasteiger partial charge in [-0.15, -0.1) is 11.3 Å². The number of hydrogen-bond donors (Lipinski definition) is 1. The van der Waals surface area contributed by atoms with Gasteiger partial charge in [-0.2, -0.15) is 9.29 Å². The summed E-state index contributed by atoms with van der Waals surface area (Å²) in [5, 5.41) is 8.50. The molecule has 1 saturated heterocycles. The summed E-state index contributed by atoms with van der Waals surface area (Å²) in [7, 11) is -3.55. The van der Waals surface area contributed by atoms with E-state index >= 15 is 0 Å². The molecule has 8 nitrogen and oxygen atoms in total. The second-order valence-electron chi connectivity index (χ2n) is 7.23. The third kappa shape index (κ3) is 4.45. The van der Waals surface area contributed by atoms with Crippen LogP contribution in [0.3, 0.4) is 0 Å². The van der Waals surface area contributed by atoms with E-state index in [1.165, 1.54) is 15.6 Å². The highest BCUT2D eigenvalue weighted by atomic mass is 32.2. The van der Waals surface area contributed by atoms with Crippen molar-refractivity contribution in [2.24, 2.45) is 5.92 Å². The second-order valence-corrected chi connectivity index (χ2v) is 10.3. The van der Waals surface area contributed by atoms with Crippen LogP contribution in [-0.4, -0.2) is 41.9 Å². The average molecular weight is 447 g/mol. The third-order valence-electron chi connectivity index (χ3n) is 5.00. The number of piperidine rings is 1. The van der Waals surface area contributed by atoms with Crippen molar-refractivity contribution in [1.29, 1.82) is 0 Å². The van der Waals surface area contributed by atoms with E-state index in [4.69, 9.17) is 4.52 Å². The maximum atomic E-state index is 12.7. The lowest BCUT2D eigenvalue weighted by Gasteiger charge is -2.30. The van der Waals surface area contributed by atoms with Crippen LogP contribution in [0.15, 0.2) is 50.5 Å². The van der Waals surface area contributed by atoms with Crippen LogP contribution in [0.2, 0.25) is 0 Å². The van der Waals surface area contributed by atoms with Crippen LogP contribution in [0.1, 0.15) is 24.3 Å². The summed E-state index contributed by atoms with van der Waals surface area (Å²) in [5.41, 5.74) is 1.93. The largest absolute Gasteiger partial charge is 0.347 e. The number of aryl methyl sites for hydroxylation is 1. The summed E-state index contributed by atoms with van der Waals surface area (Å²) in [6, 6.07) is 11.0. The molecule has 30 heavy (non-hydrogen) atoms. The van der Waals surface area contributed by atoms with E-state index in [0.717, 1.165) is 11.1 Å². The number of aromatic nitrogens is 2. The van der Waals surface area contributed by atoms with E-state index in [2.05, 4.69) is 15.5 Å². The van der Waals surface area contributed by atoms with Crippen LogP contribution >= 0.6 is 11.3 Å². The van der Waals surface area contributed by atoms with Crippen molar-refractivity contribution in [3.63, 3.8) is 0 Å². The zero-order valence-electron chi connectivity index (χ0n) is 16.4. The molecule has 0 saturated carbocycles. The fraction of sp³-hybridized carbons (Fsp3) is 0.350. The van der Waals surface area contributed by atoms with Gasteiger partial charge in [0, 0.05) is 18.7 Å². The molecule has 1 amide bonds. The Hall–Kier alpha value is -2.56. The average Bonchev–Trinajstić information content (AvgIpc) is 3.45. The lowest BCUT2D eigenvalue weighted by molar-refractivity contribution is -0.126. The molecule has 10 heteroatoms. The SMILES string of the molecule is Cc1cccc(-c2noc(CNC(=O)[C@H]3CCCN(S(=O)(=O)c4cccs4)C3)n2)c1. The first-order chi connectivity index (χ1) is 14.4. The number of amides is 1. The summed E-state index contributed by atoms with van der Waals surface area (Å²) in [5.74, 6) is 0.150. The molecule has 1 atom stereocenters. The summed E-state index contributed by atoms with van der Waals surface area (Å²) in [6.07, 6.45) is 1.28. The van der Waals surface area contributed by atoms with Crippen LogP contribution in [0.25, 0.3) is 11.4 Å². The molecular formula is C20H22N4O4S2. The minimum atomic E-state index is -3.55. The second kappa shape index (κ2) is 8.66. The van der Waals surface area contributed by atoms with Crippen LogP contribution < -0.4 is 5.32 Å². The summed E-state index contributed by atoms with van der Waals surface area (Å²) in [6.45, 7) is 2.68. The monoisotopic (exact) mass is 446 g/mol. The Morgan fingerprint density at radius 1 is 1.33 bits per heavy atom. The first-order valence-electron chi connectivity index (χ1n) is 9.64. The zero-order chi connectivity index (χ0) is 21.1. The van der Waals surface area contributed by atoms with Crippen LogP contribution in [0, 0.1) is 12.8 Å². The van der Waals surface area contributed by atoms with E-state index in [9.17, 15) is 13.2 Å². The number of benzene rings is 1. The normalized spacial score (nSPS) is 17.7. The van der Waals surface area contributed by atoms with Gasteiger partial charge in [0.1, 0.15) is 4.21 Å². The molecule has 4 rings (SSSR count). The first-order valence-corrected chi connectivity index (χ1v) is 12.0. The van der Waals surface area contributed by atoms with Gasteiger partial charge in [-0.3, -0.25) is 4.79 Å². The molecule has 3 heterocycles. The molecule has 0 radical (unpaired) electrons. The van der Waals surface area contributed by atoms with Gasteiger partial charge >= 0.3 is 0 Å². The van der Waals surface area contributed by atoms with Crippen molar-refractivity contribution < 1.29 is 17.7 Å². The summed E-state index contributed by atoms with van der Waals surface area (Å²) in [4.78, 5) is 17.0. The molecule has 0 bridgehead atoms. The van der Waals surface area contributed by atoms with Crippen LogP contribution in [-0.2, 0) is 21.4 Å². The molecule has 1 fully saturated rings. The van der Waals surface area contributed by atoms with E-state index in [1.807, 2.05) is 31.2 Å². The van der Waals surface area contributed by atoms with E-state index < -0.39 is 15.9 Å². The third-order valence-corrected chi connectivity index (χ3v) is 8.24. The van der Waals surface area contributed by atoms with E-state index in [-0.39, 0.29) is 19.0 Å². The highest BCUT2D eigenvalue weighted by Gasteiger charge is 2.33. The maximum absolute atomic E-state index is 12.7. The number of nitrogens with zero attached hydrogens (tertiary/aromatic N) is 3. The molecule has 0 unspecified atom stereocenters. The molecule has 1 aromatic carbocycles. The molecule has 3 aromatic rings. The molecular weight excluding hydrogens is 424 g/mol. The Morgan fingerprint density at radius 3 is 2.97 bits per heavy atom. The quantitative estimate of drug-likeness (QED) is 0.624. The number of thiophene rings is 1. The Kier molecular flexibility index (Phi) is 5.98. The van der Waals surface area contributed by atoms with Crippen molar-refractivity contribution in [3.8, 4) is 11.4 Å². The number of carbonyl (C=O) groups is 1. The smallest absolute Gasteiger partial charge is 0.252 e. The van der Waals surface area contributed by atoms with Gasteiger partial charge in [-0.25, -0.2) is 8.42 Å². The number of sulfonamides is 1. The number of nitrogens with one attached hydrogen (secondary N) is 1. The predicted molar refractivity (Wildman–Crippen MR) is 112 cm³/mol. The van der Waals surface area contributed by atoms with Gasteiger partial charge in [0.05, 0.1) is 12.5 Å². The molecule has 2 aromatic heterocycles. The summed E-state index contributed by atoms with van der Waals surface area (Å²) >= 11 is 1.18. The zero-order valence-corrected chi connectivity index (χ0v) is 18.1. The number of hydrogen-bond acceptors (Lipinski definition) is 7. The standard InChI is InChI=1S/C20H22N4O4S2/c1-14-5-2-6-15(11-14)19-22-17(28-23-19)12-21-20(25)16-7-3-9-24(13-16)30(26,27)18-8-4-10-29-18/h2,4-6,8,10-11,16H,3,7,9,12-13H2,1H3,(H,21,25)/t16-/m0/s1. The lowest BCUT2D eigenvalue weighted by Crippen LogP contribution is -2.45. The molecule has 1 aliphatic heterocycles. The Balaban J connectivity index is 1.36. The van der Waals surface area contributed by atoms with Gasteiger partial charge < -0.3 is 9.84 Å². The maximum Gasteiger partial charge on any atom is 0.252 e. The minimum Gasteiger partial charge on any atom is -0.347 e.